The predicted molar refractivity (Wildman–Crippen MR) is 81.9 cm³/mol. The predicted octanol–water partition coefficient (Wildman–Crippen LogP) is 3.93. The number of ether oxygens (including phenoxy) is 2. The molecule has 2 aromatic rings. The molecule has 0 aliphatic carbocycles. The number of halogens is 4. The highest BCUT2D eigenvalue weighted by atomic mass is 35.5. The third-order valence-electron chi connectivity index (χ3n) is 2.84. The summed E-state index contributed by atoms with van der Waals surface area (Å²) in [4.78, 5) is 11.7. The van der Waals surface area contributed by atoms with Crippen molar-refractivity contribution in [3.05, 3.63) is 59.1 Å². The van der Waals surface area contributed by atoms with E-state index in [0.717, 1.165) is 0 Å². The van der Waals surface area contributed by atoms with Gasteiger partial charge in [0.25, 0.3) is 5.91 Å². The van der Waals surface area contributed by atoms with Crippen molar-refractivity contribution >= 4 is 17.5 Å². The molecule has 128 valence electrons. The second kappa shape index (κ2) is 7.92. The molecule has 0 saturated heterocycles. The van der Waals surface area contributed by atoms with E-state index in [1.165, 1.54) is 18.2 Å². The molecule has 0 heterocycles. The minimum absolute atomic E-state index is 0.121. The molecule has 0 aliphatic rings. The largest absolute Gasteiger partial charge is 0.573 e. The number of benzene rings is 2. The van der Waals surface area contributed by atoms with Gasteiger partial charge in [-0.1, -0.05) is 35.9 Å². The van der Waals surface area contributed by atoms with Gasteiger partial charge in [-0.15, -0.1) is 13.2 Å². The molecule has 0 radical (unpaired) electrons. The van der Waals surface area contributed by atoms with Crippen LogP contribution in [0.4, 0.5) is 13.2 Å². The minimum Gasteiger partial charge on any atom is -0.484 e. The van der Waals surface area contributed by atoms with Gasteiger partial charge in [-0.25, -0.2) is 0 Å². The van der Waals surface area contributed by atoms with Gasteiger partial charge in [-0.3, -0.25) is 4.79 Å². The lowest BCUT2D eigenvalue weighted by atomic mass is 10.2. The lowest BCUT2D eigenvalue weighted by Crippen LogP contribution is -2.29. The number of alkyl halides is 3. The summed E-state index contributed by atoms with van der Waals surface area (Å²) in [5, 5.41) is 2.93. The quantitative estimate of drug-likeness (QED) is 0.850. The van der Waals surface area contributed by atoms with E-state index in [9.17, 15) is 18.0 Å². The summed E-state index contributed by atoms with van der Waals surface area (Å²) < 4.78 is 46.1. The highest BCUT2D eigenvalue weighted by Gasteiger charge is 2.31. The molecule has 24 heavy (non-hydrogen) atoms. The fourth-order valence-corrected chi connectivity index (χ4v) is 2.00. The van der Waals surface area contributed by atoms with Gasteiger partial charge < -0.3 is 14.8 Å². The number of carbonyl (C=O) groups excluding carboxylic acids is 1. The first-order chi connectivity index (χ1) is 11.3. The number of para-hydroxylation sites is 1. The van der Waals surface area contributed by atoms with E-state index in [4.69, 9.17) is 16.3 Å². The SMILES string of the molecule is O=C(COc1cccc(Cl)c1)NCc1ccccc1OC(F)(F)F. The first-order valence-electron chi connectivity index (χ1n) is 6.82. The van der Waals surface area contributed by atoms with Gasteiger partial charge in [0.2, 0.25) is 0 Å². The Morgan fingerprint density at radius 2 is 1.88 bits per heavy atom. The van der Waals surface area contributed by atoms with E-state index < -0.39 is 12.3 Å². The van der Waals surface area contributed by atoms with Gasteiger partial charge in [0, 0.05) is 17.1 Å². The zero-order valence-corrected chi connectivity index (χ0v) is 13.0. The van der Waals surface area contributed by atoms with Crippen molar-refractivity contribution < 1.29 is 27.4 Å². The number of amides is 1. The van der Waals surface area contributed by atoms with E-state index in [1.807, 2.05) is 0 Å². The molecule has 0 aromatic heterocycles. The topological polar surface area (TPSA) is 47.6 Å². The Labute approximate surface area is 141 Å². The highest BCUT2D eigenvalue weighted by molar-refractivity contribution is 6.30. The van der Waals surface area contributed by atoms with Gasteiger partial charge in [0.1, 0.15) is 11.5 Å². The van der Waals surface area contributed by atoms with E-state index in [-0.39, 0.29) is 24.5 Å². The van der Waals surface area contributed by atoms with Crippen molar-refractivity contribution in [2.75, 3.05) is 6.61 Å². The molecule has 0 fully saturated rings. The van der Waals surface area contributed by atoms with Gasteiger partial charge in [-0.05, 0) is 24.3 Å². The van der Waals surface area contributed by atoms with Crippen LogP contribution in [0.2, 0.25) is 5.02 Å². The molecule has 8 heteroatoms. The fraction of sp³-hybridized carbons (Fsp3) is 0.188. The maximum absolute atomic E-state index is 12.3. The van der Waals surface area contributed by atoms with Gasteiger partial charge in [-0.2, -0.15) is 0 Å². The summed E-state index contributed by atoms with van der Waals surface area (Å²) >= 11 is 5.79. The average Bonchev–Trinajstić information content (AvgIpc) is 2.51. The van der Waals surface area contributed by atoms with Gasteiger partial charge >= 0.3 is 6.36 Å². The summed E-state index contributed by atoms with van der Waals surface area (Å²) in [6.45, 7) is -0.410. The zero-order valence-electron chi connectivity index (χ0n) is 12.3. The second-order valence-corrected chi connectivity index (χ2v) is 5.11. The van der Waals surface area contributed by atoms with Crippen LogP contribution in [0.25, 0.3) is 0 Å². The Kier molecular flexibility index (Phi) is 5.92. The van der Waals surface area contributed by atoms with Crippen molar-refractivity contribution in [2.24, 2.45) is 0 Å². The standard InChI is InChI=1S/C16H13ClF3NO3/c17-12-5-3-6-13(8-12)23-10-15(22)21-9-11-4-1-2-7-14(11)24-16(18,19)20/h1-8H,9-10H2,(H,21,22). The highest BCUT2D eigenvalue weighted by Crippen LogP contribution is 2.26. The summed E-state index contributed by atoms with van der Waals surface area (Å²) in [5.74, 6) is -0.434. The summed E-state index contributed by atoms with van der Waals surface area (Å²) in [5.41, 5.74) is 0.200. The van der Waals surface area contributed by atoms with E-state index in [1.54, 1.807) is 30.3 Å². The van der Waals surface area contributed by atoms with Crippen molar-refractivity contribution in [2.45, 2.75) is 12.9 Å². The van der Waals surface area contributed by atoms with Crippen molar-refractivity contribution in [3.8, 4) is 11.5 Å². The van der Waals surface area contributed by atoms with E-state index in [0.29, 0.717) is 10.8 Å². The molecule has 0 aliphatic heterocycles. The van der Waals surface area contributed by atoms with Crippen molar-refractivity contribution in [1.29, 1.82) is 0 Å². The van der Waals surface area contributed by atoms with E-state index in [2.05, 4.69) is 10.1 Å². The Balaban J connectivity index is 1.88. The third kappa shape index (κ3) is 6.00. The molecule has 2 aromatic carbocycles. The molecule has 1 amide bonds. The van der Waals surface area contributed by atoms with Crippen LogP contribution in [-0.2, 0) is 11.3 Å². The van der Waals surface area contributed by atoms with Crippen LogP contribution in [0.15, 0.2) is 48.5 Å². The van der Waals surface area contributed by atoms with Crippen LogP contribution in [0, 0.1) is 0 Å². The molecule has 0 spiro atoms. The second-order valence-electron chi connectivity index (χ2n) is 4.68. The van der Waals surface area contributed by atoms with Gasteiger partial charge in [0.15, 0.2) is 6.61 Å². The van der Waals surface area contributed by atoms with Crippen LogP contribution in [0.5, 0.6) is 11.5 Å². The van der Waals surface area contributed by atoms with Crippen LogP contribution < -0.4 is 14.8 Å². The molecule has 0 bridgehead atoms. The maximum atomic E-state index is 12.3. The molecule has 2 rings (SSSR count). The summed E-state index contributed by atoms with van der Waals surface area (Å²) in [6, 6.07) is 12.1. The Hall–Kier alpha value is -2.41. The van der Waals surface area contributed by atoms with Crippen LogP contribution in [0.3, 0.4) is 0 Å². The first kappa shape index (κ1) is 17.9. The number of hydrogen-bond acceptors (Lipinski definition) is 3. The molecule has 4 nitrogen and oxygen atoms in total. The average molecular weight is 360 g/mol. The number of carbonyl (C=O) groups is 1. The fourth-order valence-electron chi connectivity index (χ4n) is 1.82. The summed E-state index contributed by atoms with van der Waals surface area (Å²) in [6.07, 6.45) is -4.80. The van der Waals surface area contributed by atoms with Crippen LogP contribution in [0.1, 0.15) is 5.56 Å². The smallest absolute Gasteiger partial charge is 0.484 e. The molecular formula is C16H13ClF3NO3. The van der Waals surface area contributed by atoms with E-state index >= 15 is 0 Å². The number of nitrogens with one attached hydrogen (secondary N) is 1. The van der Waals surface area contributed by atoms with Crippen LogP contribution >= 0.6 is 11.6 Å². The number of rotatable bonds is 6. The van der Waals surface area contributed by atoms with Crippen LogP contribution in [-0.4, -0.2) is 18.9 Å². The lowest BCUT2D eigenvalue weighted by Gasteiger charge is -2.13. The Morgan fingerprint density at radius 3 is 2.58 bits per heavy atom. The lowest BCUT2D eigenvalue weighted by molar-refractivity contribution is -0.274. The third-order valence-corrected chi connectivity index (χ3v) is 3.08. The number of hydrogen-bond donors (Lipinski definition) is 1. The molecule has 1 N–H and O–H groups in total. The van der Waals surface area contributed by atoms with Gasteiger partial charge in [0.05, 0.1) is 0 Å². The Morgan fingerprint density at radius 1 is 1.12 bits per heavy atom. The zero-order chi connectivity index (χ0) is 17.6. The molecule has 0 atom stereocenters. The Bertz CT molecular complexity index is 707. The summed E-state index contributed by atoms with van der Waals surface area (Å²) in [7, 11) is 0. The maximum Gasteiger partial charge on any atom is 0.573 e. The molecule has 0 saturated carbocycles. The monoisotopic (exact) mass is 359 g/mol. The van der Waals surface area contributed by atoms with Crippen molar-refractivity contribution in [1.82, 2.24) is 5.32 Å². The molecule has 0 unspecified atom stereocenters. The first-order valence-corrected chi connectivity index (χ1v) is 7.20. The van der Waals surface area contributed by atoms with Crippen molar-refractivity contribution in [3.63, 3.8) is 0 Å². The minimum atomic E-state index is -4.80. The normalized spacial score (nSPS) is 11.0. The molecular weight excluding hydrogens is 347 g/mol.